The molecule has 0 aliphatic carbocycles. The molecule has 0 fully saturated rings. The van der Waals surface area contributed by atoms with Gasteiger partial charge in [0.1, 0.15) is 9.61 Å². The fourth-order valence-corrected chi connectivity index (χ4v) is 2.55. The highest BCUT2D eigenvalue weighted by Gasteiger charge is 2.04. The number of hydrogen-bond donors (Lipinski definition) is 0. The van der Waals surface area contributed by atoms with Crippen LogP contribution in [0.5, 0.6) is 0 Å². The topological polar surface area (TPSA) is 16.1 Å². The summed E-state index contributed by atoms with van der Waals surface area (Å²) in [6, 6.07) is 8.37. The van der Waals surface area contributed by atoms with Crippen molar-refractivity contribution in [2.75, 3.05) is 19.0 Å². The van der Waals surface area contributed by atoms with Gasteiger partial charge in [0.2, 0.25) is 0 Å². The molecule has 15 heavy (non-hydrogen) atoms. The summed E-state index contributed by atoms with van der Waals surface area (Å²) in [5.41, 5.74) is 2.36. The molecule has 0 saturated carbocycles. The third-order valence-corrected chi connectivity index (χ3v) is 3.69. The fourth-order valence-electron chi connectivity index (χ4n) is 1.30. The molecule has 1 aromatic heterocycles. The van der Waals surface area contributed by atoms with Gasteiger partial charge in [-0.25, -0.2) is 4.98 Å². The minimum atomic E-state index is 0.901. The van der Waals surface area contributed by atoms with Crippen molar-refractivity contribution in [1.82, 2.24) is 4.98 Å². The van der Waals surface area contributed by atoms with E-state index in [-0.39, 0.29) is 0 Å². The number of thiazole rings is 1. The molecule has 0 amide bonds. The second-order valence-corrected chi connectivity index (χ2v) is 5.09. The third kappa shape index (κ3) is 2.38. The van der Waals surface area contributed by atoms with E-state index < -0.39 is 0 Å². The van der Waals surface area contributed by atoms with Crippen LogP contribution in [0, 0.1) is 0 Å². The molecule has 4 heteroatoms. The Morgan fingerprint density at radius 3 is 2.73 bits per heavy atom. The van der Waals surface area contributed by atoms with Crippen LogP contribution in [-0.2, 0) is 0 Å². The van der Waals surface area contributed by atoms with Gasteiger partial charge in [-0.2, -0.15) is 0 Å². The Hall–Kier alpha value is -0.870. The Balaban J connectivity index is 2.41. The number of benzene rings is 1. The lowest BCUT2D eigenvalue weighted by atomic mass is 10.2. The predicted molar refractivity (Wildman–Crippen MR) is 69.6 cm³/mol. The van der Waals surface area contributed by atoms with Crippen molar-refractivity contribution in [1.29, 1.82) is 0 Å². The Bertz CT molecular complexity index is 465. The van der Waals surface area contributed by atoms with E-state index in [1.54, 1.807) is 11.3 Å². The molecule has 78 valence electrons. The van der Waals surface area contributed by atoms with Gasteiger partial charge in [-0.3, -0.25) is 0 Å². The first-order chi connectivity index (χ1) is 7.16. The number of nitrogens with zero attached hydrogens (tertiary/aromatic N) is 2. The van der Waals surface area contributed by atoms with Gasteiger partial charge in [-0.15, -0.1) is 11.3 Å². The molecule has 0 N–H and O–H groups in total. The molecule has 0 spiro atoms. The van der Waals surface area contributed by atoms with Crippen molar-refractivity contribution in [2.24, 2.45) is 0 Å². The number of aromatic nitrogens is 1. The van der Waals surface area contributed by atoms with Crippen molar-refractivity contribution in [3.63, 3.8) is 0 Å². The van der Waals surface area contributed by atoms with Crippen LogP contribution >= 0.6 is 27.3 Å². The lowest BCUT2D eigenvalue weighted by Crippen LogP contribution is -2.08. The first-order valence-corrected chi connectivity index (χ1v) is 6.23. The van der Waals surface area contributed by atoms with Crippen molar-refractivity contribution in [3.8, 4) is 10.6 Å². The van der Waals surface area contributed by atoms with Gasteiger partial charge in [-0.1, -0.05) is 12.1 Å². The van der Waals surface area contributed by atoms with Crippen LogP contribution in [0.1, 0.15) is 0 Å². The van der Waals surface area contributed by atoms with Crippen LogP contribution < -0.4 is 4.90 Å². The molecule has 0 bridgehead atoms. The Morgan fingerprint density at radius 1 is 1.33 bits per heavy atom. The Morgan fingerprint density at radius 2 is 2.13 bits per heavy atom. The summed E-state index contributed by atoms with van der Waals surface area (Å²) in [6.07, 6.45) is 0. The van der Waals surface area contributed by atoms with E-state index in [0.717, 1.165) is 15.2 Å². The number of hydrogen-bond acceptors (Lipinski definition) is 3. The van der Waals surface area contributed by atoms with Gasteiger partial charge in [0.15, 0.2) is 0 Å². The summed E-state index contributed by atoms with van der Waals surface area (Å²) in [7, 11) is 4.08. The van der Waals surface area contributed by atoms with E-state index in [1.165, 1.54) is 5.69 Å². The van der Waals surface area contributed by atoms with Gasteiger partial charge in [0, 0.05) is 30.7 Å². The molecule has 2 aromatic rings. The van der Waals surface area contributed by atoms with Gasteiger partial charge in [0.25, 0.3) is 0 Å². The maximum Gasteiger partial charge on any atom is 0.124 e. The zero-order valence-electron chi connectivity index (χ0n) is 8.57. The smallest absolute Gasteiger partial charge is 0.124 e. The van der Waals surface area contributed by atoms with E-state index in [9.17, 15) is 0 Å². The minimum Gasteiger partial charge on any atom is -0.378 e. The van der Waals surface area contributed by atoms with Crippen molar-refractivity contribution >= 4 is 33.0 Å². The zero-order valence-corrected chi connectivity index (χ0v) is 11.0. The highest BCUT2D eigenvalue weighted by molar-refractivity contribution is 9.10. The predicted octanol–water partition coefficient (Wildman–Crippen LogP) is 3.64. The molecule has 1 aromatic carbocycles. The first-order valence-electron chi connectivity index (χ1n) is 4.55. The standard InChI is InChI=1S/C11H11BrN2S/c1-14(2)9-5-3-4-8(6-9)11-13-10(12)7-15-11/h3-7H,1-2H3. The van der Waals surface area contributed by atoms with Crippen molar-refractivity contribution in [2.45, 2.75) is 0 Å². The maximum absolute atomic E-state index is 4.40. The second-order valence-electron chi connectivity index (χ2n) is 3.42. The van der Waals surface area contributed by atoms with Gasteiger partial charge >= 0.3 is 0 Å². The quantitative estimate of drug-likeness (QED) is 0.836. The zero-order chi connectivity index (χ0) is 10.8. The summed E-state index contributed by atoms with van der Waals surface area (Å²) in [4.78, 5) is 6.49. The number of halogens is 1. The molecule has 0 saturated heterocycles. The molecular formula is C11H11BrN2S. The summed E-state index contributed by atoms with van der Waals surface area (Å²) < 4.78 is 0.901. The lowest BCUT2D eigenvalue weighted by molar-refractivity contribution is 1.13. The average Bonchev–Trinajstić information content (AvgIpc) is 2.65. The summed E-state index contributed by atoms with van der Waals surface area (Å²) >= 11 is 5.01. The number of rotatable bonds is 2. The molecule has 0 atom stereocenters. The van der Waals surface area contributed by atoms with E-state index in [0.29, 0.717) is 0 Å². The molecular weight excluding hydrogens is 272 g/mol. The van der Waals surface area contributed by atoms with Crippen molar-refractivity contribution < 1.29 is 0 Å². The van der Waals surface area contributed by atoms with Crippen LogP contribution in [0.15, 0.2) is 34.2 Å². The SMILES string of the molecule is CN(C)c1cccc(-c2nc(Br)cs2)c1. The van der Waals surface area contributed by atoms with Crippen LogP contribution in [-0.4, -0.2) is 19.1 Å². The van der Waals surface area contributed by atoms with Crippen LogP contribution in [0.25, 0.3) is 10.6 Å². The molecule has 1 heterocycles. The van der Waals surface area contributed by atoms with E-state index >= 15 is 0 Å². The summed E-state index contributed by atoms with van der Waals surface area (Å²) in [5, 5.41) is 3.04. The Labute approximate surface area is 102 Å². The normalized spacial score (nSPS) is 10.3. The van der Waals surface area contributed by atoms with Gasteiger partial charge in [0.05, 0.1) is 0 Å². The minimum absolute atomic E-state index is 0.901. The molecule has 2 rings (SSSR count). The van der Waals surface area contributed by atoms with Crippen molar-refractivity contribution in [3.05, 3.63) is 34.2 Å². The highest BCUT2D eigenvalue weighted by Crippen LogP contribution is 2.28. The van der Waals surface area contributed by atoms with Gasteiger partial charge < -0.3 is 4.90 Å². The maximum atomic E-state index is 4.40. The fraction of sp³-hybridized carbons (Fsp3) is 0.182. The molecule has 0 aliphatic rings. The molecule has 0 radical (unpaired) electrons. The average molecular weight is 283 g/mol. The van der Waals surface area contributed by atoms with Crippen LogP contribution in [0.4, 0.5) is 5.69 Å². The summed E-state index contributed by atoms with van der Waals surface area (Å²) in [5.74, 6) is 0. The first kappa shape index (κ1) is 10.6. The van der Waals surface area contributed by atoms with E-state index in [2.05, 4.69) is 50.1 Å². The second kappa shape index (κ2) is 4.33. The highest BCUT2D eigenvalue weighted by atomic mass is 79.9. The third-order valence-electron chi connectivity index (χ3n) is 2.09. The van der Waals surface area contributed by atoms with E-state index in [4.69, 9.17) is 0 Å². The lowest BCUT2D eigenvalue weighted by Gasteiger charge is -2.12. The number of anilines is 1. The monoisotopic (exact) mass is 282 g/mol. The van der Waals surface area contributed by atoms with Crippen LogP contribution in [0.2, 0.25) is 0 Å². The van der Waals surface area contributed by atoms with Gasteiger partial charge in [-0.05, 0) is 28.1 Å². The van der Waals surface area contributed by atoms with Crippen LogP contribution in [0.3, 0.4) is 0 Å². The Kier molecular flexibility index (Phi) is 3.07. The molecule has 0 aliphatic heterocycles. The molecule has 2 nitrogen and oxygen atoms in total. The van der Waals surface area contributed by atoms with E-state index in [1.807, 2.05) is 19.5 Å². The summed E-state index contributed by atoms with van der Waals surface area (Å²) in [6.45, 7) is 0. The largest absolute Gasteiger partial charge is 0.378 e. The molecule has 0 unspecified atom stereocenters.